The first kappa shape index (κ1) is 19.5. The number of halogens is 1. The number of ether oxygens (including phenoxy) is 1. The van der Waals surface area contributed by atoms with Crippen LogP contribution in [0.3, 0.4) is 0 Å². The van der Waals surface area contributed by atoms with E-state index in [0.717, 1.165) is 38.4 Å². The van der Waals surface area contributed by atoms with Crippen molar-refractivity contribution in [3.63, 3.8) is 0 Å². The molecule has 0 aliphatic carbocycles. The molecule has 2 aromatic carbocycles. The first-order valence-electron chi connectivity index (χ1n) is 9.41. The van der Waals surface area contributed by atoms with Crippen LogP contribution in [0.25, 0.3) is 0 Å². The lowest BCUT2D eigenvalue weighted by atomic mass is 10.2. The Hall–Kier alpha value is -2.24. The number of nitrogens with one attached hydrogen (secondary N) is 1. The number of amides is 1. The molecule has 6 heteroatoms. The van der Waals surface area contributed by atoms with Crippen LogP contribution in [0.2, 0.25) is 5.02 Å². The van der Waals surface area contributed by atoms with Crippen LogP contribution in [0.4, 0.5) is 11.4 Å². The first-order valence-corrected chi connectivity index (χ1v) is 9.79. The van der Waals surface area contributed by atoms with E-state index in [4.69, 9.17) is 16.3 Å². The van der Waals surface area contributed by atoms with Crippen molar-refractivity contribution in [1.29, 1.82) is 0 Å². The molecule has 3 rings (SSSR count). The van der Waals surface area contributed by atoms with Crippen LogP contribution in [0.1, 0.15) is 24.2 Å². The summed E-state index contributed by atoms with van der Waals surface area (Å²) in [6.45, 7) is 9.98. The summed E-state index contributed by atoms with van der Waals surface area (Å²) in [6, 6.07) is 13.1. The highest BCUT2D eigenvalue weighted by Crippen LogP contribution is 2.26. The molecule has 0 radical (unpaired) electrons. The smallest absolute Gasteiger partial charge is 0.255 e. The van der Waals surface area contributed by atoms with Crippen molar-refractivity contribution in [3.8, 4) is 5.75 Å². The van der Waals surface area contributed by atoms with Gasteiger partial charge >= 0.3 is 0 Å². The van der Waals surface area contributed by atoms with Gasteiger partial charge in [-0.05, 0) is 55.9 Å². The maximum absolute atomic E-state index is 12.5. The third kappa shape index (κ3) is 4.93. The number of likely N-dealkylation sites (N-methyl/N-ethyl adjacent to an activating group) is 1. The van der Waals surface area contributed by atoms with Gasteiger partial charge in [0.15, 0.2) is 0 Å². The fraction of sp³-hybridized carbons (Fsp3) is 0.381. The molecule has 0 atom stereocenters. The van der Waals surface area contributed by atoms with Gasteiger partial charge in [0.25, 0.3) is 5.91 Å². The zero-order valence-electron chi connectivity index (χ0n) is 15.9. The summed E-state index contributed by atoms with van der Waals surface area (Å²) in [4.78, 5) is 17.3. The third-order valence-electron chi connectivity index (χ3n) is 4.80. The minimum Gasteiger partial charge on any atom is -0.492 e. The van der Waals surface area contributed by atoms with Crippen LogP contribution in [0, 0.1) is 0 Å². The van der Waals surface area contributed by atoms with Gasteiger partial charge in [0.2, 0.25) is 0 Å². The summed E-state index contributed by atoms with van der Waals surface area (Å²) in [5, 5.41) is 3.35. The molecule has 0 aromatic heterocycles. The highest BCUT2D eigenvalue weighted by molar-refractivity contribution is 6.32. The molecule has 0 unspecified atom stereocenters. The van der Waals surface area contributed by atoms with Crippen LogP contribution in [-0.2, 0) is 0 Å². The van der Waals surface area contributed by atoms with Gasteiger partial charge in [0, 0.05) is 43.1 Å². The van der Waals surface area contributed by atoms with Gasteiger partial charge in [-0.1, -0.05) is 18.5 Å². The topological polar surface area (TPSA) is 44.8 Å². The Morgan fingerprint density at radius 3 is 2.37 bits per heavy atom. The van der Waals surface area contributed by atoms with E-state index >= 15 is 0 Å². The number of piperazine rings is 1. The van der Waals surface area contributed by atoms with Crippen molar-refractivity contribution < 1.29 is 9.53 Å². The first-order chi connectivity index (χ1) is 13.1. The van der Waals surface area contributed by atoms with Crippen LogP contribution in [-0.4, -0.2) is 50.1 Å². The maximum Gasteiger partial charge on any atom is 0.255 e. The van der Waals surface area contributed by atoms with Gasteiger partial charge in [0.05, 0.1) is 11.6 Å². The molecule has 1 saturated heterocycles. The minimum atomic E-state index is -0.191. The zero-order valence-corrected chi connectivity index (χ0v) is 16.6. The van der Waals surface area contributed by atoms with Crippen LogP contribution in [0.15, 0.2) is 42.5 Å². The molecule has 27 heavy (non-hydrogen) atoms. The van der Waals surface area contributed by atoms with E-state index < -0.39 is 0 Å². The Morgan fingerprint density at radius 1 is 1.07 bits per heavy atom. The lowest BCUT2D eigenvalue weighted by molar-refractivity contribution is 0.102. The molecular weight excluding hydrogens is 362 g/mol. The van der Waals surface area contributed by atoms with Crippen molar-refractivity contribution in [1.82, 2.24) is 4.90 Å². The number of carbonyl (C=O) groups is 1. The molecule has 1 aliphatic heterocycles. The normalized spacial score (nSPS) is 14.9. The molecule has 0 saturated carbocycles. The molecule has 0 spiro atoms. The average Bonchev–Trinajstić information content (AvgIpc) is 2.70. The SMILES string of the molecule is CCOc1ccc(C(=O)Nc2ccc(N3CCN(CC)CC3)cc2)cc1Cl. The van der Waals surface area contributed by atoms with E-state index in [1.807, 2.05) is 19.1 Å². The molecule has 1 heterocycles. The van der Waals surface area contributed by atoms with Gasteiger partial charge < -0.3 is 19.9 Å². The number of nitrogens with zero attached hydrogens (tertiary/aromatic N) is 2. The Bertz CT molecular complexity index is 771. The number of anilines is 2. The largest absolute Gasteiger partial charge is 0.492 e. The van der Waals surface area contributed by atoms with E-state index in [0.29, 0.717) is 22.9 Å². The number of carbonyl (C=O) groups excluding carboxylic acids is 1. The Balaban J connectivity index is 1.61. The monoisotopic (exact) mass is 387 g/mol. The highest BCUT2D eigenvalue weighted by atomic mass is 35.5. The standard InChI is InChI=1S/C21H26ClN3O2/c1-3-24-11-13-25(14-12-24)18-8-6-17(7-9-18)23-21(26)16-5-10-20(27-4-2)19(22)15-16/h5-10,15H,3-4,11-14H2,1-2H3,(H,23,26). The summed E-state index contributed by atoms with van der Waals surface area (Å²) in [7, 11) is 0. The second-order valence-corrected chi connectivity index (χ2v) is 6.91. The number of hydrogen-bond donors (Lipinski definition) is 1. The molecule has 1 fully saturated rings. The van der Waals surface area contributed by atoms with E-state index in [1.54, 1.807) is 18.2 Å². The molecule has 1 amide bonds. The summed E-state index contributed by atoms with van der Waals surface area (Å²) in [6.07, 6.45) is 0. The van der Waals surface area contributed by atoms with Crippen molar-refractivity contribution in [2.24, 2.45) is 0 Å². The van der Waals surface area contributed by atoms with Crippen LogP contribution >= 0.6 is 11.6 Å². The van der Waals surface area contributed by atoms with E-state index in [1.165, 1.54) is 5.69 Å². The van der Waals surface area contributed by atoms with Crippen molar-refractivity contribution in [3.05, 3.63) is 53.1 Å². The van der Waals surface area contributed by atoms with Gasteiger partial charge in [0.1, 0.15) is 5.75 Å². The van der Waals surface area contributed by atoms with Crippen molar-refractivity contribution in [2.75, 3.05) is 49.5 Å². The molecule has 0 bridgehead atoms. The predicted octanol–water partition coefficient (Wildman–Crippen LogP) is 4.13. The van der Waals surface area contributed by atoms with Crippen LogP contribution < -0.4 is 15.0 Å². The fourth-order valence-corrected chi connectivity index (χ4v) is 3.43. The van der Waals surface area contributed by atoms with Gasteiger partial charge in [-0.25, -0.2) is 0 Å². The van der Waals surface area contributed by atoms with Gasteiger partial charge in [-0.15, -0.1) is 0 Å². The summed E-state index contributed by atoms with van der Waals surface area (Å²) in [5.74, 6) is 0.396. The molecule has 2 aromatic rings. The molecule has 144 valence electrons. The quantitative estimate of drug-likeness (QED) is 0.809. The summed E-state index contributed by atoms with van der Waals surface area (Å²) >= 11 is 6.17. The van der Waals surface area contributed by atoms with Gasteiger partial charge in [-0.3, -0.25) is 4.79 Å². The Morgan fingerprint density at radius 2 is 1.78 bits per heavy atom. The Labute approximate surface area is 165 Å². The lowest BCUT2D eigenvalue weighted by Crippen LogP contribution is -2.46. The second-order valence-electron chi connectivity index (χ2n) is 6.50. The number of benzene rings is 2. The lowest BCUT2D eigenvalue weighted by Gasteiger charge is -2.35. The van der Waals surface area contributed by atoms with E-state index in [-0.39, 0.29) is 5.91 Å². The Kier molecular flexibility index (Phi) is 6.58. The molecule has 1 aliphatic rings. The molecule has 1 N–H and O–H groups in total. The van der Waals surface area contributed by atoms with E-state index in [9.17, 15) is 4.79 Å². The fourth-order valence-electron chi connectivity index (χ4n) is 3.20. The van der Waals surface area contributed by atoms with Crippen LogP contribution in [0.5, 0.6) is 5.75 Å². The van der Waals surface area contributed by atoms with Gasteiger partial charge in [-0.2, -0.15) is 0 Å². The summed E-state index contributed by atoms with van der Waals surface area (Å²) in [5.41, 5.74) is 2.46. The predicted molar refractivity (Wildman–Crippen MR) is 111 cm³/mol. The minimum absolute atomic E-state index is 0.191. The average molecular weight is 388 g/mol. The number of rotatable bonds is 6. The van der Waals surface area contributed by atoms with Crippen molar-refractivity contribution >= 4 is 28.9 Å². The summed E-state index contributed by atoms with van der Waals surface area (Å²) < 4.78 is 5.40. The molecule has 5 nitrogen and oxygen atoms in total. The number of hydrogen-bond acceptors (Lipinski definition) is 4. The maximum atomic E-state index is 12.5. The van der Waals surface area contributed by atoms with Crippen molar-refractivity contribution in [2.45, 2.75) is 13.8 Å². The zero-order chi connectivity index (χ0) is 19.2. The second kappa shape index (κ2) is 9.11. The van der Waals surface area contributed by atoms with E-state index in [2.05, 4.69) is 34.2 Å². The third-order valence-corrected chi connectivity index (χ3v) is 5.10. The highest BCUT2D eigenvalue weighted by Gasteiger charge is 2.16. The molecular formula is C21H26ClN3O2.